The van der Waals surface area contributed by atoms with Gasteiger partial charge in [0.15, 0.2) is 5.75 Å². The lowest BCUT2D eigenvalue weighted by atomic mass is 9.77. The highest BCUT2D eigenvalue weighted by molar-refractivity contribution is 6.37. The summed E-state index contributed by atoms with van der Waals surface area (Å²) in [6, 6.07) is 0.173. The van der Waals surface area contributed by atoms with E-state index in [4.69, 9.17) is 27.2 Å². The molecule has 0 bridgehead atoms. The Hall–Kier alpha value is -2.58. The molecule has 9 heteroatoms. The average molecular weight is 431 g/mol. The van der Waals surface area contributed by atoms with Crippen LogP contribution in [0.25, 0.3) is 10.9 Å². The highest BCUT2D eigenvalue weighted by Crippen LogP contribution is 2.43. The fourth-order valence-electron chi connectivity index (χ4n) is 4.88. The van der Waals surface area contributed by atoms with E-state index < -0.39 is 11.6 Å². The van der Waals surface area contributed by atoms with Crippen molar-refractivity contribution in [3.63, 3.8) is 0 Å². The summed E-state index contributed by atoms with van der Waals surface area (Å²) in [7, 11) is 0. The Kier molecular flexibility index (Phi) is 4.52. The van der Waals surface area contributed by atoms with Gasteiger partial charge in [0.2, 0.25) is 5.43 Å². The minimum Gasteiger partial charge on any atom is -0.449 e. The summed E-state index contributed by atoms with van der Waals surface area (Å²) in [5.41, 5.74) is 6.38. The molecule has 1 saturated heterocycles. The summed E-state index contributed by atoms with van der Waals surface area (Å²) in [6.45, 7) is 3.76. The SMILES string of the molecule is CC1C=C[C@@H](N)[C@H]2CN(c3ncc4c(=O)c(OC(=O)O)cn(C5CC5)c4c3Cl)C[C@@H]12. The molecule has 5 rings (SSSR count). The van der Waals surface area contributed by atoms with E-state index in [1.165, 1.54) is 12.4 Å². The molecule has 0 spiro atoms. The van der Waals surface area contributed by atoms with Crippen molar-refractivity contribution in [2.75, 3.05) is 18.0 Å². The lowest BCUT2D eigenvalue weighted by Crippen LogP contribution is -2.38. The molecule has 1 aliphatic heterocycles. The summed E-state index contributed by atoms with van der Waals surface area (Å²) in [5.74, 6) is 1.59. The first-order chi connectivity index (χ1) is 14.3. The van der Waals surface area contributed by atoms with Crippen LogP contribution in [-0.2, 0) is 0 Å². The van der Waals surface area contributed by atoms with Gasteiger partial charge in [0.1, 0.15) is 10.8 Å². The smallest absolute Gasteiger partial charge is 0.449 e. The Morgan fingerprint density at radius 3 is 2.70 bits per heavy atom. The second-order valence-electron chi connectivity index (χ2n) is 8.54. The second-order valence-corrected chi connectivity index (χ2v) is 8.92. The number of allylic oxidation sites excluding steroid dienone is 1. The predicted molar refractivity (Wildman–Crippen MR) is 113 cm³/mol. The van der Waals surface area contributed by atoms with E-state index >= 15 is 0 Å². The summed E-state index contributed by atoms with van der Waals surface area (Å²) in [5, 5.41) is 9.63. The number of fused-ring (bicyclic) bond motifs is 2. The standard InChI is InChI=1S/C21H23ClN4O4/c1-10-2-5-15(23)14-8-25(7-13(10)14)20-17(22)18-12(6-24-20)19(27)16(30-21(28)29)9-26(18)11-3-4-11/h2,5-6,9-11,13-15H,3-4,7-8,23H2,1H3,(H,28,29)/t10?,13-,14-,15+/m0/s1. The highest BCUT2D eigenvalue weighted by atomic mass is 35.5. The van der Waals surface area contributed by atoms with E-state index in [1.54, 1.807) is 0 Å². The molecule has 3 N–H and O–H groups in total. The van der Waals surface area contributed by atoms with Crippen molar-refractivity contribution in [1.29, 1.82) is 0 Å². The van der Waals surface area contributed by atoms with E-state index in [1.807, 2.05) is 4.57 Å². The molecule has 1 saturated carbocycles. The maximum Gasteiger partial charge on any atom is 0.511 e. The quantitative estimate of drug-likeness (QED) is 0.568. The molecule has 4 atom stereocenters. The number of carbonyl (C=O) groups is 1. The van der Waals surface area contributed by atoms with E-state index in [2.05, 4.69) is 29.0 Å². The van der Waals surface area contributed by atoms with Crippen LogP contribution in [0, 0.1) is 17.8 Å². The minimum atomic E-state index is -1.52. The Morgan fingerprint density at radius 1 is 1.30 bits per heavy atom. The third kappa shape index (κ3) is 3.06. The maximum absolute atomic E-state index is 12.8. The zero-order chi connectivity index (χ0) is 21.2. The van der Waals surface area contributed by atoms with Gasteiger partial charge in [0, 0.05) is 37.3 Å². The molecule has 30 heavy (non-hydrogen) atoms. The maximum atomic E-state index is 12.8. The molecule has 2 aromatic rings. The highest BCUT2D eigenvalue weighted by Gasteiger charge is 2.41. The van der Waals surface area contributed by atoms with Gasteiger partial charge < -0.3 is 25.0 Å². The Labute approximate surface area is 177 Å². The number of ether oxygens (including phenoxy) is 1. The van der Waals surface area contributed by atoms with Gasteiger partial charge in [0.25, 0.3) is 0 Å². The van der Waals surface area contributed by atoms with Crippen LogP contribution >= 0.6 is 11.6 Å². The molecule has 158 valence electrons. The number of rotatable bonds is 3. The number of carboxylic acid groups (broad SMARTS) is 1. The Bertz CT molecular complexity index is 1110. The molecule has 8 nitrogen and oxygen atoms in total. The molecule has 0 aromatic carbocycles. The molecular weight excluding hydrogens is 408 g/mol. The number of aromatic nitrogens is 2. The first-order valence-corrected chi connectivity index (χ1v) is 10.6. The van der Waals surface area contributed by atoms with Crippen LogP contribution in [0.15, 0.2) is 29.3 Å². The van der Waals surface area contributed by atoms with Crippen molar-refractivity contribution in [3.8, 4) is 5.75 Å². The predicted octanol–water partition coefficient (Wildman–Crippen LogP) is 3.03. The molecule has 2 aliphatic carbocycles. The van der Waals surface area contributed by atoms with Crippen LogP contribution in [0.5, 0.6) is 5.75 Å². The monoisotopic (exact) mass is 430 g/mol. The van der Waals surface area contributed by atoms with E-state index in [9.17, 15) is 9.59 Å². The van der Waals surface area contributed by atoms with Crippen molar-refractivity contribution in [1.82, 2.24) is 9.55 Å². The topological polar surface area (TPSA) is 111 Å². The Balaban J connectivity index is 1.60. The van der Waals surface area contributed by atoms with Crippen molar-refractivity contribution in [3.05, 3.63) is 39.8 Å². The molecule has 2 aromatic heterocycles. The largest absolute Gasteiger partial charge is 0.511 e. The number of anilines is 1. The zero-order valence-corrected chi connectivity index (χ0v) is 17.2. The van der Waals surface area contributed by atoms with Gasteiger partial charge in [-0.1, -0.05) is 30.7 Å². The zero-order valence-electron chi connectivity index (χ0n) is 16.5. The fraction of sp³-hybridized carbons (Fsp3) is 0.476. The fourth-order valence-corrected chi connectivity index (χ4v) is 5.24. The summed E-state index contributed by atoms with van der Waals surface area (Å²) >= 11 is 6.83. The van der Waals surface area contributed by atoms with Gasteiger partial charge in [-0.05, 0) is 24.7 Å². The van der Waals surface area contributed by atoms with Gasteiger partial charge in [-0.3, -0.25) is 4.79 Å². The van der Waals surface area contributed by atoms with Crippen molar-refractivity contribution in [2.45, 2.75) is 31.8 Å². The van der Waals surface area contributed by atoms with Gasteiger partial charge in [-0.25, -0.2) is 9.78 Å². The number of halogens is 1. The van der Waals surface area contributed by atoms with Crippen molar-refractivity contribution >= 4 is 34.5 Å². The number of nitrogens with zero attached hydrogens (tertiary/aromatic N) is 3. The van der Waals surface area contributed by atoms with E-state index in [0.717, 1.165) is 25.9 Å². The van der Waals surface area contributed by atoms with Gasteiger partial charge in [-0.2, -0.15) is 0 Å². The average Bonchev–Trinajstić information content (AvgIpc) is 3.44. The lowest BCUT2D eigenvalue weighted by Gasteiger charge is -2.30. The van der Waals surface area contributed by atoms with Gasteiger partial charge in [0.05, 0.1) is 17.1 Å². The van der Waals surface area contributed by atoms with Crippen LogP contribution < -0.4 is 20.8 Å². The van der Waals surface area contributed by atoms with Crippen LogP contribution in [0.1, 0.15) is 25.8 Å². The first-order valence-electron chi connectivity index (χ1n) is 10.2. The van der Waals surface area contributed by atoms with Gasteiger partial charge >= 0.3 is 6.16 Å². The van der Waals surface area contributed by atoms with Crippen LogP contribution in [0.2, 0.25) is 5.02 Å². The number of hydrogen-bond acceptors (Lipinski definition) is 6. The van der Waals surface area contributed by atoms with Crippen LogP contribution in [0.4, 0.5) is 10.6 Å². The van der Waals surface area contributed by atoms with E-state index in [-0.39, 0.29) is 23.2 Å². The van der Waals surface area contributed by atoms with Crippen molar-refractivity contribution in [2.24, 2.45) is 23.5 Å². The minimum absolute atomic E-state index is 0.0100. The summed E-state index contributed by atoms with van der Waals surface area (Å²) in [6.07, 6.45) is 7.55. The molecule has 1 unspecified atom stereocenters. The number of pyridine rings is 2. The molecule has 3 aliphatic rings. The third-order valence-electron chi connectivity index (χ3n) is 6.61. The normalized spacial score (nSPS) is 28.0. The summed E-state index contributed by atoms with van der Waals surface area (Å²) < 4.78 is 6.57. The Morgan fingerprint density at radius 2 is 2.03 bits per heavy atom. The molecule has 2 fully saturated rings. The second kappa shape index (κ2) is 6.99. The van der Waals surface area contributed by atoms with Crippen molar-refractivity contribution < 1.29 is 14.6 Å². The van der Waals surface area contributed by atoms with E-state index in [0.29, 0.717) is 34.1 Å². The number of hydrogen-bond donors (Lipinski definition) is 2. The first kappa shape index (κ1) is 19.4. The molecule has 3 heterocycles. The molecular formula is C21H23ClN4O4. The number of nitrogens with two attached hydrogens (primary N) is 1. The van der Waals surface area contributed by atoms with Crippen LogP contribution in [0.3, 0.4) is 0 Å². The molecule has 0 radical (unpaired) electrons. The summed E-state index contributed by atoms with van der Waals surface area (Å²) in [4.78, 5) is 30.5. The third-order valence-corrected chi connectivity index (χ3v) is 6.96. The van der Waals surface area contributed by atoms with Gasteiger partial charge in [-0.15, -0.1) is 0 Å². The molecule has 0 amide bonds. The van der Waals surface area contributed by atoms with Crippen LogP contribution in [-0.4, -0.2) is 39.9 Å². The lowest BCUT2D eigenvalue weighted by molar-refractivity contribution is 0.143.